The minimum atomic E-state index is -1.19. The van der Waals surface area contributed by atoms with Gasteiger partial charge in [0.05, 0.1) is 11.6 Å². The smallest absolute Gasteiger partial charge is 0.323 e. The number of rotatable bonds is 12. The Bertz CT molecular complexity index is 1730. The monoisotopic (exact) mass is 655 g/mol. The zero-order valence-corrected chi connectivity index (χ0v) is 24.2. The average Bonchev–Trinajstić information content (AvgIpc) is 3.45. The Kier molecular flexibility index (Phi) is 9.33. The molecular formula is C30H24BrClFN3O6. The van der Waals surface area contributed by atoms with E-state index in [2.05, 4.69) is 31.6 Å². The molecule has 0 aliphatic carbocycles. The Labute approximate surface area is 252 Å². The van der Waals surface area contributed by atoms with Crippen molar-refractivity contribution < 1.29 is 33.5 Å². The first-order valence-corrected chi connectivity index (χ1v) is 13.9. The van der Waals surface area contributed by atoms with Gasteiger partial charge in [-0.15, -0.1) is 0 Å². The molecule has 0 saturated carbocycles. The van der Waals surface area contributed by atoms with Crippen molar-refractivity contribution in [2.45, 2.75) is 25.8 Å². The summed E-state index contributed by atoms with van der Waals surface area (Å²) >= 11 is 10.2. The van der Waals surface area contributed by atoms with Gasteiger partial charge in [-0.3, -0.25) is 10.1 Å². The first kappa shape index (κ1) is 29.5. The second-order valence-electron chi connectivity index (χ2n) is 9.30. The normalized spacial score (nSPS) is 11.9. The lowest BCUT2D eigenvalue weighted by Crippen LogP contribution is -2.39. The van der Waals surface area contributed by atoms with Gasteiger partial charge in [0.2, 0.25) is 0 Å². The minimum Gasteiger partial charge on any atom is -0.488 e. The fourth-order valence-corrected chi connectivity index (χ4v) is 5.07. The highest BCUT2D eigenvalue weighted by Crippen LogP contribution is 2.36. The van der Waals surface area contributed by atoms with Crippen molar-refractivity contribution in [3.63, 3.8) is 0 Å². The number of benzene rings is 4. The van der Waals surface area contributed by atoms with Crippen molar-refractivity contribution >= 4 is 44.5 Å². The molecule has 1 aromatic heterocycles. The van der Waals surface area contributed by atoms with E-state index in [1.54, 1.807) is 30.3 Å². The second-order valence-corrected chi connectivity index (χ2v) is 10.5. The molecule has 0 fully saturated rings. The quantitative estimate of drug-likeness (QED) is 0.145. The van der Waals surface area contributed by atoms with Crippen molar-refractivity contribution in [1.29, 1.82) is 0 Å². The molecule has 216 valence electrons. The summed E-state index contributed by atoms with van der Waals surface area (Å²) in [6, 6.07) is 19.4. The molecule has 0 spiro atoms. The number of carboxylic acid groups (broad SMARTS) is 1. The number of ether oxygens (including phenoxy) is 2. The second kappa shape index (κ2) is 13.3. The van der Waals surface area contributed by atoms with Crippen LogP contribution >= 0.6 is 27.5 Å². The number of carboxylic acids is 1. The van der Waals surface area contributed by atoms with Crippen LogP contribution in [0.25, 0.3) is 22.2 Å². The number of fused-ring (bicyclic) bond motifs is 1. The van der Waals surface area contributed by atoms with Gasteiger partial charge >= 0.3 is 5.97 Å². The molecule has 0 aliphatic heterocycles. The van der Waals surface area contributed by atoms with Gasteiger partial charge in [0.1, 0.15) is 47.6 Å². The van der Waals surface area contributed by atoms with E-state index in [-0.39, 0.29) is 30.6 Å². The van der Waals surface area contributed by atoms with E-state index in [1.165, 1.54) is 12.1 Å². The zero-order chi connectivity index (χ0) is 29.6. The standard InChI is InChI=1S/C30H24BrClFN3O6/c31-29-19(4-2-6-22(29)18-3-1-5-21(33)10-18)16-41-28-12-27(20(11-23(28)32)13-34-26(14-37)30(38)39)40-15-17-7-8-24-25(9-17)36-42-35-24/h1-12,26,34,37H,13-16H2,(H,38,39). The number of carbonyl (C=O) groups is 1. The van der Waals surface area contributed by atoms with Crippen LogP contribution in [0.4, 0.5) is 4.39 Å². The number of nitrogens with one attached hydrogen (secondary N) is 1. The molecule has 0 amide bonds. The van der Waals surface area contributed by atoms with E-state index < -0.39 is 18.6 Å². The topological polar surface area (TPSA) is 127 Å². The Morgan fingerprint density at radius 2 is 1.76 bits per heavy atom. The fraction of sp³-hybridized carbons (Fsp3) is 0.167. The Morgan fingerprint density at radius 3 is 2.55 bits per heavy atom. The Balaban J connectivity index is 1.39. The van der Waals surface area contributed by atoms with E-state index in [4.69, 9.17) is 25.7 Å². The lowest BCUT2D eigenvalue weighted by molar-refractivity contribution is -0.140. The van der Waals surface area contributed by atoms with Crippen molar-refractivity contribution in [2.75, 3.05) is 6.61 Å². The van der Waals surface area contributed by atoms with E-state index >= 15 is 0 Å². The number of hydrogen-bond acceptors (Lipinski definition) is 8. The molecule has 1 unspecified atom stereocenters. The Hall–Kier alpha value is -4.03. The number of aliphatic hydroxyl groups excluding tert-OH is 1. The third-order valence-corrected chi connectivity index (χ3v) is 7.68. The molecule has 9 nitrogen and oxygen atoms in total. The number of halogens is 3. The molecule has 4 aromatic carbocycles. The largest absolute Gasteiger partial charge is 0.488 e. The number of nitrogens with zero attached hydrogens (tertiary/aromatic N) is 2. The first-order chi connectivity index (χ1) is 20.3. The van der Waals surface area contributed by atoms with Gasteiger partial charge in [-0.25, -0.2) is 9.02 Å². The van der Waals surface area contributed by atoms with E-state index in [9.17, 15) is 19.4 Å². The van der Waals surface area contributed by atoms with Gasteiger partial charge in [0.15, 0.2) is 0 Å². The summed E-state index contributed by atoms with van der Waals surface area (Å²) < 4.78 is 31.6. The molecule has 3 N–H and O–H groups in total. The molecule has 42 heavy (non-hydrogen) atoms. The SMILES string of the molecule is O=C(O)C(CO)NCc1cc(Cl)c(OCc2cccc(-c3cccc(F)c3)c2Br)cc1OCc1ccc2nonc2c1. The molecule has 0 saturated heterocycles. The summed E-state index contributed by atoms with van der Waals surface area (Å²) in [4.78, 5) is 11.4. The lowest BCUT2D eigenvalue weighted by Gasteiger charge is -2.18. The predicted molar refractivity (Wildman–Crippen MR) is 157 cm³/mol. The summed E-state index contributed by atoms with van der Waals surface area (Å²) in [7, 11) is 0. The van der Waals surface area contributed by atoms with Crippen molar-refractivity contribution in [1.82, 2.24) is 15.6 Å². The highest BCUT2D eigenvalue weighted by molar-refractivity contribution is 9.10. The molecule has 0 bridgehead atoms. The van der Waals surface area contributed by atoms with E-state index in [0.29, 0.717) is 28.1 Å². The van der Waals surface area contributed by atoms with Crippen LogP contribution in [-0.4, -0.2) is 39.1 Å². The molecule has 0 radical (unpaired) electrons. The summed E-state index contributed by atoms with van der Waals surface area (Å²) in [5, 5.41) is 29.4. The average molecular weight is 657 g/mol. The summed E-state index contributed by atoms with van der Waals surface area (Å²) in [5.41, 5.74) is 4.89. The van der Waals surface area contributed by atoms with Crippen LogP contribution in [-0.2, 0) is 24.6 Å². The maximum Gasteiger partial charge on any atom is 0.323 e. The van der Waals surface area contributed by atoms with Gasteiger partial charge in [0, 0.05) is 28.2 Å². The zero-order valence-electron chi connectivity index (χ0n) is 21.9. The van der Waals surface area contributed by atoms with Gasteiger partial charge < -0.3 is 19.7 Å². The first-order valence-electron chi connectivity index (χ1n) is 12.7. The van der Waals surface area contributed by atoms with Crippen LogP contribution in [0, 0.1) is 5.82 Å². The molecule has 5 aromatic rings. The third-order valence-electron chi connectivity index (χ3n) is 6.44. The summed E-state index contributed by atoms with van der Waals surface area (Å²) in [6.45, 7) is -0.238. The summed E-state index contributed by atoms with van der Waals surface area (Å²) in [5.74, 6) is -0.783. The molecule has 1 atom stereocenters. The van der Waals surface area contributed by atoms with Crippen molar-refractivity contribution in [3.8, 4) is 22.6 Å². The maximum atomic E-state index is 13.8. The highest BCUT2D eigenvalue weighted by Gasteiger charge is 2.19. The fourth-order valence-electron chi connectivity index (χ4n) is 4.23. The van der Waals surface area contributed by atoms with Crippen LogP contribution in [0.15, 0.2) is 81.9 Å². The number of aromatic nitrogens is 2. The van der Waals surface area contributed by atoms with Crippen LogP contribution in [0.5, 0.6) is 11.5 Å². The molecule has 0 aliphatic rings. The van der Waals surface area contributed by atoms with Gasteiger partial charge in [0.25, 0.3) is 0 Å². The van der Waals surface area contributed by atoms with E-state index in [1.807, 2.05) is 30.3 Å². The maximum absolute atomic E-state index is 13.8. The minimum absolute atomic E-state index is 0.0559. The predicted octanol–water partition coefficient (Wildman–Crippen LogP) is 6.14. The van der Waals surface area contributed by atoms with Crippen LogP contribution in [0.1, 0.15) is 16.7 Å². The Morgan fingerprint density at radius 1 is 0.976 bits per heavy atom. The molecule has 1 heterocycles. The van der Waals surface area contributed by atoms with Gasteiger partial charge in [-0.1, -0.05) is 48.0 Å². The molecule has 5 rings (SSSR count). The lowest BCUT2D eigenvalue weighted by atomic mass is 10.0. The highest BCUT2D eigenvalue weighted by atomic mass is 79.9. The number of aliphatic hydroxyl groups is 1. The van der Waals surface area contributed by atoms with Gasteiger partial charge in [-0.05, 0) is 73.3 Å². The van der Waals surface area contributed by atoms with Gasteiger partial charge in [-0.2, -0.15) is 0 Å². The number of aliphatic carboxylic acids is 1. The number of hydrogen-bond donors (Lipinski definition) is 3. The summed E-state index contributed by atoms with van der Waals surface area (Å²) in [6.07, 6.45) is 0. The van der Waals surface area contributed by atoms with Crippen LogP contribution < -0.4 is 14.8 Å². The van der Waals surface area contributed by atoms with E-state index in [0.717, 1.165) is 26.7 Å². The van der Waals surface area contributed by atoms with Crippen LogP contribution in [0.2, 0.25) is 5.02 Å². The third kappa shape index (κ3) is 6.88. The van der Waals surface area contributed by atoms with Crippen molar-refractivity contribution in [2.24, 2.45) is 0 Å². The van der Waals surface area contributed by atoms with Crippen molar-refractivity contribution in [3.05, 3.63) is 105 Å². The molecular weight excluding hydrogens is 633 g/mol. The molecule has 12 heteroatoms. The van der Waals surface area contributed by atoms with Crippen LogP contribution in [0.3, 0.4) is 0 Å².